The third-order valence-electron chi connectivity index (χ3n) is 4.84. The van der Waals surface area contributed by atoms with E-state index in [1.165, 1.54) is 30.0 Å². The molecule has 35 heavy (non-hydrogen) atoms. The molecular formula is C24H26N4O5S2. The van der Waals surface area contributed by atoms with E-state index in [0.29, 0.717) is 5.56 Å². The number of esters is 1. The molecule has 9 nitrogen and oxygen atoms in total. The molecule has 1 heterocycles. The largest absolute Gasteiger partial charge is 0.450 e. The van der Waals surface area contributed by atoms with Gasteiger partial charge in [-0.3, -0.25) is 5.41 Å². The molecule has 0 saturated heterocycles. The first-order valence-electron chi connectivity index (χ1n) is 10.6. The summed E-state index contributed by atoms with van der Waals surface area (Å²) in [5.41, 5.74) is 2.04. The summed E-state index contributed by atoms with van der Waals surface area (Å²) < 4.78 is 34.3. The summed E-state index contributed by atoms with van der Waals surface area (Å²) in [4.78, 5) is 16.7. The summed E-state index contributed by atoms with van der Waals surface area (Å²) in [7, 11) is -3.42. The Hall–Kier alpha value is -3.44. The van der Waals surface area contributed by atoms with Gasteiger partial charge in [0.25, 0.3) is 5.89 Å². The van der Waals surface area contributed by atoms with Crippen LogP contribution in [0, 0.1) is 5.41 Å². The Bertz CT molecular complexity index is 1360. The predicted octanol–water partition coefficient (Wildman–Crippen LogP) is 4.60. The maximum absolute atomic E-state index is 12.2. The van der Waals surface area contributed by atoms with Crippen molar-refractivity contribution in [1.82, 2.24) is 10.1 Å². The van der Waals surface area contributed by atoms with Crippen LogP contribution in [0.1, 0.15) is 31.2 Å². The monoisotopic (exact) mass is 514 g/mol. The Morgan fingerprint density at radius 2 is 1.97 bits per heavy atom. The number of hydrogen-bond acceptors (Lipinski definition) is 10. The molecule has 2 aromatic carbocycles. The highest BCUT2D eigenvalue weighted by molar-refractivity contribution is 7.98. The minimum absolute atomic E-state index is 0.0886. The van der Waals surface area contributed by atoms with Gasteiger partial charge in [0, 0.05) is 17.5 Å². The van der Waals surface area contributed by atoms with Crippen LogP contribution in [0.25, 0.3) is 17.2 Å². The molecule has 2 N–H and O–H groups in total. The fourth-order valence-electron chi connectivity index (χ4n) is 3.12. The number of carbonyl (C=O) groups is 1. The van der Waals surface area contributed by atoms with Gasteiger partial charge in [-0.05, 0) is 48.1 Å². The van der Waals surface area contributed by atoms with E-state index in [1.54, 1.807) is 18.4 Å². The van der Waals surface area contributed by atoms with Gasteiger partial charge in [0.05, 0.1) is 10.6 Å². The van der Waals surface area contributed by atoms with Gasteiger partial charge < -0.3 is 14.6 Å². The molecule has 3 rings (SSSR count). The second-order valence-corrected chi connectivity index (χ2v) is 10.7. The van der Waals surface area contributed by atoms with E-state index in [-0.39, 0.29) is 34.2 Å². The first-order valence-corrected chi connectivity index (χ1v) is 13.9. The topological polar surface area (TPSA) is 135 Å². The highest BCUT2D eigenvalue weighted by Gasteiger charge is 2.19. The lowest BCUT2D eigenvalue weighted by atomic mass is 10.0. The lowest BCUT2D eigenvalue weighted by Gasteiger charge is -2.15. The molecule has 0 aliphatic carbocycles. The number of carbonyl (C=O) groups excluding carboxylic acids is 1. The summed E-state index contributed by atoms with van der Waals surface area (Å²) in [6.45, 7) is 4.10. The number of para-hydroxylation sites is 1. The fraction of sp³-hybridized carbons (Fsp3) is 0.250. The number of nitrogens with one attached hydrogen (secondary N) is 2. The molecule has 0 saturated carbocycles. The summed E-state index contributed by atoms with van der Waals surface area (Å²) in [6, 6.07) is 13.8. The van der Waals surface area contributed by atoms with Gasteiger partial charge in [-0.25, -0.2) is 13.2 Å². The van der Waals surface area contributed by atoms with E-state index in [4.69, 9.17) is 14.7 Å². The standard InChI is InChI=1S/C24H26N4O5S2/c1-15(2)18-10-5-6-11-20(18)26-21(13-19(25)24(29)32-14-34-3)22-27-23(33-28-22)16-8-7-9-17(12-16)35(4,30)31/h5-13,15,25-26H,14H2,1-4H3/b21-13-,25-19?. The third-order valence-corrected chi connectivity index (χ3v) is 6.31. The van der Waals surface area contributed by atoms with Crippen molar-refractivity contribution in [2.45, 2.75) is 24.7 Å². The number of hydrogen-bond donors (Lipinski definition) is 2. The Balaban J connectivity index is 2.02. The van der Waals surface area contributed by atoms with E-state index in [9.17, 15) is 13.2 Å². The van der Waals surface area contributed by atoms with Gasteiger partial charge in [0.2, 0.25) is 5.82 Å². The average molecular weight is 515 g/mol. The molecule has 0 radical (unpaired) electrons. The summed E-state index contributed by atoms with van der Waals surface area (Å²) in [5.74, 6) is -0.291. The van der Waals surface area contributed by atoms with Gasteiger partial charge in [-0.1, -0.05) is 43.3 Å². The molecule has 0 amide bonds. The zero-order valence-corrected chi connectivity index (χ0v) is 21.4. The van der Waals surface area contributed by atoms with Crippen molar-refractivity contribution in [2.24, 2.45) is 0 Å². The summed E-state index contributed by atoms with van der Waals surface area (Å²) >= 11 is 1.32. The van der Waals surface area contributed by atoms with Crippen molar-refractivity contribution in [3.8, 4) is 11.5 Å². The van der Waals surface area contributed by atoms with E-state index in [1.807, 2.05) is 38.1 Å². The molecule has 184 valence electrons. The summed E-state index contributed by atoms with van der Waals surface area (Å²) in [6.07, 6.45) is 4.17. The molecular weight excluding hydrogens is 488 g/mol. The van der Waals surface area contributed by atoms with Crippen LogP contribution in [-0.2, 0) is 19.4 Å². The Labute approximate surface area is 208 Å². The highest BCUT2D eigenvalue weighted by atomic mass is 32.2. The Morgan fingerprint density at radius 1 is 1.23 bits per heavy atom. The fourth-order valence-corrected chi connectivity index (χ4v) is 4.01. The molecule has 11 heteroatoms. The van der Waals surface area contributed by atoms with Gasteiger partial charge in [-0.2, -0.15) is 4.98 Å². The van der Waals surface area contributed by atoms with Crippen LogP contribution in [0.3, 0.4) is 0 Å². The predicted molar refractivity (Wildman–Crippen MR) is 137 cm³/mol. The average Bonchev–Trinajstić information content (AvgIpc) is 3.32. The van der Waals surface area contributed by atoms with Crippen LogP contribution in [0.15, 0.2) is 64.0 Å². The van der Waals surface area contributed by atoms with E-state index in [2.05, 4.69) is 15.5 Å². The number of sulfone groups is 1. The minimum atomic E-state index is -3.42. The van der Waals surface area contributed by atoms with Crippen LogP contribution in [0.2, 0.25) is 0 Å². The van der Waals surface area contributed by atoms with Crippen molar-refractivity contribution in [3.05, 3.63) is 66.0 Å². The Morgan fingerprint density at radius 3 is 2.66 bits per heavy atom. The number of nitrogens with zero attached hydrogens (tertiary/aromatic N) is 2. The first-order chi connectivity index (χ1) is 16.6. The lowest BCUT2D eigenvalue weighted by molar-refractivity contribution is -0.133. The third kappa shape index (κ3) is 6.80. The molecule has 0 spiro atoms. The second kappa shape index (κ2) is 11.3. The van der Waals surface area contributed by atoms with Crippen LogP contribution >= 0.6 is 11.8 Å². The molecule has 0 fully saturated rings. The van der Waals surface area contributed by atoms with Crippen molar-refractivity contribution in [3.63, 3.8) is 0 Å². The molecule has 0 aliphatic heterocycles. The van der Waals surface area contributed by atoms with Crippen LogP contribution in [-0.4, -0.2) is 48.7 Å². The Kier molecular flexibility index (Phi) is 8.47. The molecule has 0 bridgehead atoms. The zero-order valence-electron chi connectivity index (χ0n) is 19.7. The van der Waals surface area contributed by atoms with Crippen molar-refractivity contribution in [2.75, 3.05) is 23.8 Å². The van der Waals surface area contributed by atoms with Crippen LogP contribution in [0.4, 0.5) is 5.69 Å². The highest BCUT2D eigenvalue weighted by Crippen LogP contribution is 2.28. The lowest BCUT2D eigenvalue weighted by Crippen LogP contribution is -2.16. The summed E-state index contributed by atoms with van der Waals surface area (Å²) in [5, 5.41) is 15.4. The van der Waals surface area contributed by atoms with Crippen molar-refractivity contribution < 1.29 is 22.5 Å². The van der Waals surface area contributed by atoms with Gasteiger partial charge in [-0.15, -0.1) is 11.8 Å². The molecule has 0 unspecified atom stereocenters. The smallest absolute Gasteiger partial charge is 0.357 e. The zero-order chi connectivity index (χ0) is 25.6. The molecule has 0 aliphatic rings. The van der Waals surface area contributed by atoms with E-state index < -0.39 is 21.5 Å². The number of thioether (sulfide) groups is 1. The number of anilines is 1. The van der Waals surface area contributed by atoms with E-state index >= 15 is 0 Å². The van der Waals surface area contributed by atoms with Gasteiger partial charge in [0.1, 0.15) is 11.7 Å². The normalized spacial score (nSPS) is 12.0. The number of rotatable bonds is 10. The maximum atomic E-state index is 12.2. The molecule has 0 atom stereocenters. The number of aromatic nitrogens is 2. The molecule has 1 aromatic heterocycles. The molecule has 3 aromatic rings. The number of ether oxygens (including phenoxy) is 1. The van der Waals surface area contributed by atoms with E-state index in [0.717, 1.165) is 17.5 Å². The van der Waals surface area contributed by atoms with Crippen molar-refractivity contribution >= 4 is 44.7 Å². The first kappa shape index (κ1) is 26.2. The SMILES string of the molecule is CSCOC(=O)C(=N)/C=C(\Nc1ccccc1C(C)C)c1noc(-c2cccc(S(C)(=O)=O)c2)n1. The van der Waals surface area contributed by atoms with Crippen LogP contribution < -0.4 is 5.32 Å². The number of benzene rings is 2. The van der Waals surface area contributed by atoms with Crippen molar-refractivity contribution in [1.29, 1.82) is 5.41 Å². The van der Waals surface area contributed by atoms with Gasteiger partial charge in [0.15, 0.2) is 9.84 Å². The second-order valence-electron chi connectivity index (χ2n) is 7.90. The van der Waals surface area contributed by atoms with Crippen LogP contribution in [0.5, 0.6) is 0 Å². The maximum Gasteiger partial charge on any atom is 0.357 e. The quantitative estimate of drug-likeness (QED) is 0.226. The minimum Gasteiger partial charge on any atom is -0.450 e. The van der Waals surface area contributed by atoms with Gasteiger partial charge >= 0.3 is 5.97 Å².